The van der Waals surface area contributed by atoms with E-state index in [9.17, 15) is 9.59 Å². The molecule has 0 fully saturated rings. The van der Waals surface area contributed by atoms with Gasteiger partial charge in [-0.15, -0.1) is 0 Å². The lowest BCUT2D eigenvalue weighted by Crippen LogP contribution is -2.35. The molecule has 1 aromatic heterocycles. The van der Waals surface area contributed by atoms with Crippen molar-refractivity contribution >= 4 is 16.9 Å². The molecule has 2 aromatic carbocycles. The minimum atomic E-state index is -0.409. The summed E-state index contributed by atoms with van der Waals surface area (Å²) in [6, 6.07) is 14.2. The SMILES string of the molecule is Cc1cc(=O)oc2cc(OCC(=O)NC3CCOc4ccccc43)ccc12. The normalized spacial score (nSPS) is 15.7. The number of ether oxygens (including phenoxy) is 2. The van der Waals surface area contributed by atoms with E-state index >= 15 is 0 Å². The van der Waals surface area contributed by atoms with Gasteiger partial charge in [-0.25, -0.2) is 4.79 Å². The van der Waals surface area contributed by atoms with Crippen LogP contribution in [0, 0.1) is 6.92 Å². The van der Waals surface area contributed by atoms with Gasteiger partial charge in [0.1, 0.15) is 17.1 Å². The molecule has 4 rings (SSSR count). The number of carbonyl (C=O) groups excluding carboxylic acids is 1. The zero-order valence-corrected chi connectivity index (χ0v) is 14.9. The van der Waals surface area contributed by atoms with Crippen LogP contribution in [0.1, 0.15) is 23.6 Å². The predicted molar refractivity (Wildman–Crippen MR) is 100 cm³/mol. The Hall–Kier alpha value is -3.28. The van der Waals surface area contributed by atoms with Gasteiger partial charge in [-0.1, -0.05) is 18.2 Å². The molecule has 1 N–H and O–H groups in total. The summed E-state index contributed by atoms with van der Waals surface area (Å²) in [5.41, 5.74) is 1.84. The van der Waals surface area contributed by atoms with Crippen LogP contribution in [-0.4, -0.2) is 19.1 Å². The molecule has 2 heterocycles. The summed E-state index contributed by atoms with van der Waals surface area (Å²) in [6.45, 7) is 2.28. The van der Waals surface area contributed by atoms with E-state index in [2.05, 4.69) is 5.32 Å². The fourth-order valence-corrected chi connectivity index (χ4v) is 3.27. The first-order valence-corrected chi connectivity index (χ1v) is 8.78. The molecular weight excluding hydrogens is 346 g/mol. The molecule has 1 aliphatic rings. The molecule has 1 amide bonds. The number of rotatable bonds is 4. The highest BCUT2D eigenvalue weighted by Gasteiger charge is 2.22. The van der Waals surface area contributed by atoms with Gasteiger partial charge in [0.15, 0.2) is 6.61 Å². The average molecular weight is 365 g/mol. The third-order valence-electron chi connectivity index (χ3n) is 4.59. The number of benzene rings is 2. The van der Waals surface area contributed by atoms with Gasteiger partial charge in [0.25, 0.3) is 5.91 Å². The molecule has 138 valence electrons. The first kappa shape index (κ1) is 17.1. The smallest absolute Gasteiger partial charge is 0.336 e. The summed E-state index contributed by atoms with van der Waals surface area (Å²) in [7, 11) is 0. The first-order valence-electron chi connectivity index (χ1n) is 8.78. The highest BCUT2D eigenvalue weighted by atomic mass is 16.5. The largest absolute Gasteiger partial charge is 0.493 e. The lowest BCUT2D eigenvalue weighted by Gasteiger charge is -2.26. The fraction of sp³-hybridized carbons (Fsp3) is 0.238. The van der Waals surface area contributed by atoms with Gasteiger partial charge >= 0.3 is 5.63 Å². The number of carbonyl (C=O) groups is 1. The first-order chi connectivity index (χ1) is 13.1. The van der Waals surface area contributed by atoms with Crippen LogP contribution in [0.2, 0.25) is 0 Å². The lowest BCUT2D eigenvalue weighted by molar-refractivity contribution is -0.124. The maximum absolute atomic E-state index is 12.3. The number of hydrogen-bond acceptors (Lipinski definition) is 5. The van der Waals surface area contributed by atoms with Crippen molar-refractivity contribution in [1.82, 2.24) is 5.32 Å². The van der Waals surface area contributed by atoms with Crippen LogP contribution < -0.4 is 20.4 Å². The van der Waals surface area contributed by atoms with E-state index in [1.807, 2.05) is 37.3 Å². The Morgan fingerprint density at radius 3 is 2.96 bits per heavy atom. The number of amides is 1. The predicted octanol–water partition coefficient (Wildman–Crippen LogP) is 3.12. The average Bonchev–Trinajstić information content (AvgIpc) is 2.66. The molecule has 1 aliphatic heterocycles. The molecule has 1 unspecified atom stereocenters. The van der Waals surface area contributed by atoms with Crippen LogP contribution >= 0.6 is 0 Å². The maximum Gasteiger partial charge on any atom is 0.336 e. The Bertz CT molecular complexity index is 1060. The van der Waals surface area contributed by atoms with Gasteiger partial charge in [0.2, 0.25) is 0 Å². The van der Waals surface area contributed by atoms with Crippen LogP contribution in [-0.2, 0) is 4.79 Å². The summed E-state index contributed by atoms with van der Waals surface area (Å²) in [5, 5.41) is 3.82. The van der Waals surface area contributed by atoms with Crippen LogP contribution in [0.5, 0.6) is 11.5 Å². The molecule has 0 saturated heterocycles. The highest BCUT2D eigenvalue weighted by Crippen LogP contribution is 2.31. The Balaban J connectivity index is 1.43. The summed E-state index contributed by atoms with van der Waals surface area (Å²) in [6.07, 6.45) is 0.711. The van der Waals surface area contributed by atoms with E-state index in [0.29, 0.717) is 24.4 Å². The van der Waals surface area contributed by atoms with E-state index in [-0.39, 0.29) is 18.6 Å². The molecular formula is C21H19NO5. The van der Waals surface area contributed by atoms with E-state index in [1.54, 1.807) is 12.1 Å². The zero-order valence-electron chi connectivity index (χ0n) is 14.9. The van der Waals surface area contributed by atoms with Crippen molar-refractivity contribution in [3.8, 4) is 11.5 Å². The Kier molecular flexibility index (Phi) is 4.54. The minimum Gasteiger partial charge on any atom is -0.493 e. The maximum atomic E-state index is 12.3. The molecule has 0 bridgehead atoms. The summed E-state index contributed by atoms with van der Waals surface area (Å²) < 4.78 is 16.4. The molecule has 1 atom stereocenters. The third-order valence-corrected chi connectivity index (χ3v) is 4.59. The van der Waals surface area contributed by atoms with Crippen molar-refractivity contribution in [3.05, 3.63) is 70.1 Å². The monoisotopic (exact) mass is 365 g/mol. The van der Waals surface area contributed by atoms with Crippen molar-refractivity contribution in [2.45, 2.75) is 19.4 Å². The lowest BCUT2D eigenvalue weighted by atomic mass is 10.0. The topological polar surface area (TPSA) is 77.8 Å². The zero-order chi connectivity index (χ0) is 18.8. The van der Waals surface area contributed by atoms with Crippen molar-refractivity contribution in [2.24, 2.45) is 0 Å². The van der Waals surface area contributed by atoms with E-state index in [0.717, 1.165) is 22.3 Å². The molecule has 6 nitrogen and oxygen atoms in total. The third kappa shape index (κ3) is 3.65. The van der Waals surface area contributed by atoms with Gasteiger partial charge in [-0.2, -0.15) is 0 Å². The molecule has 0 radical (unpaired) electrons. The van der Waals surface area contributed by atoms with Crippen LogP contribution in [0.15, 0.2) is 57.7 Å². The Morgan fingerprint density at radius 2 is 2.07 bits per heavy atom. The van der Waals surface area contributed by atoms with Crippen molar-refractivity contribution in [3.63, 3.8) is 0 Å². The summed E-state index contributed by atoms with van der Waals surface area (Å²) >= 11 is 0. The fourth-order valence-electron chi connectivity index (χ4n) is 3.27. The molecule has 6 heteroatoms. The molecule has 0 saturated carbocycles. The Morgan fingerprint density at radius 1 is 1.22 bits per heavy atom. The second kappa shape index (κ2) is 7.15. The minimum absolute atomic E-state index is 0.0941. The quantitative estimate of drug-likeness (QED) is 0.719. The van der Waals surface area contributed by atoms with Crippen LogP contribution in [0.3, 0.4) is 0 Å². The number of para-hydroxylation sites is 1. The highest BCUT2D eigenvalue weighted by molar-refractivity contribution is 5.82. The van der Waals surface area contributed by atoms with Crippen molar-refractivity contribution < 1.29 is 18.7 Å². The molecule has 0 spiro atoms. The second-order valence-electron chi connectivity index (χ2n) is 6.49. The van der Waals surface area contributed by atoms with Crippen molar-refractivity contribution in [1.29, 1.82) is 0 Å². The van der Waals surface area contributed by atoms with Gasteiger partial charge < -0.3 is 19.2 Å². The summed E-state index contributed by atoms with van der Waals surface area (Å²) in [5.74, 6) is 1.05. The van der Waals surface area contributed by atoms with Gasteiger partial charge in [-0.3, -0.25) is 4.79 Å². The van der Waals surface area contributed by atoms with Crippen LogP contribution in [0.4, 0.5) is 0 Å². The molecule has 3 aromatic rings. The van der Waals surface area contributed by atoms with Crippen LogP contribution in [0.25, 0.3) is 11.0 Å². The van der Waals surface area contributed by atoms with E-state index in [1.165, 1.54) is 6.07 Å². The number of aryl methyl sites for hydroxylation is 1. The van der Waals surface area contributed by atoms with E-state index in [4.69, 9.17) is 13.9 Å². The number of hydrogen-bond donors (Lipinski definition) is 1. The Labute approximate surface area is 155 Å². The second-order valence-corrected chi connectivity index (χ2v) is 6.49. The summed E-state index contributed by atoms with van der Waals surface area (Å²) in [4.78, 5) is 23.8. The van der Waals surface area contributed by atoms with E-state index < -0.39 is 5.63 Å². The number of nitrogens with one attached hydrogen (secondary N) is 1. The van der Waals surface area contributed by atoms with Gasteiger partial charge in [-0.05, 0) is 30.7 Å². The standard InChI is InChI=1S/C21H19NO5/c1-13-10-21(24)27-19-11-14(6-7-15(13)19)26-12-20(23)22-17-8-9-25-18-5-3-2-4-16(17)18/h2-7,10-11,17H,8-9,12H2,1H3,(H,22,23). The molecule has 27 heavy (non-hydrogen) atoms. The van der Waals surface area contributed by atoms with Gasteiger partial charge in [0.05, 0.1) is 12.6 Å². The van der Waals surface area contributed by atoms with Gasteiger partial charge in [0, 0.05) is 29.5 Å². The van der Waals surface area contributed by atoms with Crippen molar-refractivity contribution in [2.75, 3.05) is 13.2 Å². The molecule has 0 aliphatic carbocycles. The number of fused-ring (bicyclic) bond motifs is 2.